The number of hydrogen-bond donors (Lipinski definition) is 2. The quantitative estimate of drug-likeness (QED) is 0.173. The van der Waals surface area contributed by atoms with Gasteiger partial charge in [-0.25, -0.2) is 4.98 Å². The molecule has 0 spiro atoms. The van der Waals surface area contributed by atoms with Crippen LogP contribution in [0.3, 0.4) is 0 Å². The summed E-state index contributed by atoms with van der Waals surface area (Å²) in [5.41, 5.74) is 12.4. The molecular weight excluding hydrogens is 663 g/mol. The number of benzene rings is 6. The molecule has 0 fully saturated rings. The van der Waals surface area contributed by atoms with Gasteiger partial charge in [-0.2, -0.15) is 0 Å². The summed E-state index contributed by atoms with van der Waals surface area (Å²) in [6.45, 7) is 13.6. The van der Waals surface area contributed by atoms with Gasteiger partial charge in [0.2, 0.25) is 5.95 Å². The van der Waals surface area contributed by atoms with E-state index in [0.717, 1.165) is 45.7 Å². The van der Waals surface area contributed by atoms with Crippen LogP contribution in [0, 0.1) is 0 Å². The Morgan fingerprint density at radius 1 is 0.685 bits per heavy atom. The molecule has 6 aromatic carbocycles. The van der Waals surface area contributed by atoms with Crippen molar-refractivity contribution in [2.45, 2.75) is 58.8 Å². The number of ether oxygens (including phenoxy) is 1. The fraction of sp³-hybridized carbons (Fsp3) is 0.188. The highest BCUT2D eigenvalue weighted by Gasteiger charge is 2.28. The van der Waals surface area contributed by atoms with E-state index in [1.165, 1.54) is 44.2 Å². The first-order valence-electron chi connectivity index (χ1n) is 18.9. The van der Waals surface area contributed by atoms with Crippen molar-refractivity contribution in [3.8, 4) is 23.1 Å². The molecule has 1 unspecified atom stereocenters. The van der Waals surface area contributed by atoms with Crippen LogP contribution in [-0.2, 0) is 5.41 Å². The standard InChI is InChI=1S/C48H45N5O/c1-30(2)37-16-12-17-38-31(3)39-18-13-19-41-40-23-22-35(29-44(40)53(46(39)41)47-49-24-25-52(47)45(37)38)54-36-27-32(48(4,5)6)26-34(28-36)51-43-21-11-10-20-42(43)50-33-14-8-7-9-15-33/h7-31,50-51H,1-6H3. The van der Waals surface area contributed by atoms with Gasteiger partial charge >= 0.3 is 0 Å². The van der Waals surface area contributed by atoms with Gasteiger partial charge in [0.05, 0.1) is 28.1 Å². The van der Waals surface area contributed by atoms with Crippen molar-refractivity contribution in [1.29, 1.82) is 0 Å². The number of rotatable bonds is 7. The maximum Gasteiger partial charge on any atom is 0.219 e. The molecule has 54 heavy (non-hydrogen) atoms. The lowest BCUT2D eigenvalue weighted by Gasteiger charge is -2.27. The topological polar surface area (TPSA) is 56.0 Å². The monoisotopic (exact) mass is 707 g/mol. The minimum Gasteiger partial charge on any atom is -0.457 e. The molecule has 9 rings (SSSR count). The Hall–Kier alpha value is -6.27. The molecule has 1 aliphatic rings. The van der Waals surface area contributed by atoms with Crippen LogP contribution in [0.5, 0.6) is 11.5 Å². The van der Waals surface area contributed by atoms with E-state index in [1.807, 2.05) is 30.5 Å². The molecule has 6 nitrogen and oxygen atoms in total. The van der Waals surface area contributed by atoms with Crippen molar-refractivity contribution in [2.24, 2.45) is 0 Å². The molecule has 0 bridgehead atoms. The largest absolute Gasteiger partial charge is 0.457 e. The van der Waals surface area contributed by atoms with E-state index < -0.39 is 0 Å². The average Bonchev–Trinajstić information content (AvgIpc) is 3.76. The van der Waals surface area contributed by atoms with Crippen LogP contribution in [0.15, 0.2) is 140 Å². The van der Waals surface area contributed by atoms with E-state index in [2.05, 4.69) is 171 Å². The molecule has 6 heteroatoms. The van der Waals surface area contributed by atoms with Crippen molar-refractivity contribution < 1.29 is 4.74 Å². The van der Waals surface area contributed by atoms with Gasteiger partial charge in [0, 0.05) is 52.6 Å². The zero-order chi connectivity index (χ0) is 37.1. The third kappa shape index (κ3) is 5.79. The summed E-state index contributed by atoms with van der Waals surface area (Å²) >= 11 is 0. The van der Waals surface area contributed by atoms with Gasteiger partial charge in [-0.3, -0.25) is 9.13 Å². The molecule has 3 heterocycles. The highest BCUT2D eigenvalue weighted by Crippen LogP contribution is 2.45. The molecular formula is C48H45N5O. The fourth-order valence-corrected chi connectivity index (χ4v) is 8.00. The van der Waals surface area contributed by atoms with E-state index in [4.69, 9.17) is 9.72 Å². The fourth-order valence-electron chi connectivity index (χ4n) is 8.00. The van der Waals surface area contributed by atoms with E-state index in [-0.39, 0.29) is 11.3 Å². The van der Waals surface area contributed by atoms with Crippen molar-refractivity contribution >= 4 is 44.6 Å². The van der Waals surface area contributed by atoms with E-state index in [0.29, 0.717) is 5.92 Å². The average molecular weight is 708 g/mol. The van der Waals surface area contributed by atoms with Crippen molar-refractivity contribution in [3.05, 3.63) is 162 Å². The van der Waals surface area contributed by atoms with Crippen molar-refractivity contribution in [3.63, 3.8) is 0 Å². The van der Waals surface area contributed by atoms with Crippen LogP contribution in [0.1, 0.15) is 75.6 Å². The Bertz CT molecular complexity index is 2680. The number of aromatic nitrogens is 3. The summed E-state index contributed by atoms with van der Waals surface area (Å²) in [5, 5.41) is 9.65. The first-order chi connectivity index (χ1) is 26.1. The third-order valence-electron chi connectivity index (χ3n) is 10.8. The maximum absolute atomic E-state index is 6.83. The summed E-state index contributed by atoms with van der Waals surface area (Å²) < 4.78 is 11.5. The van der Waals surface area contributed by atoms with Crippen LogP contribution >= 0.6 is 0 Å². The number of fused-ring (bicyclic) bond motifs is 7. The van der Waals surface area contributed by atoms with E-state index in [9.17, 15) is 0 Å². The molecule has 0 radical (unpaired) electrons. The molecule has 0 amide bonds. The van der Waals surface area contributed by atoms with Gasteiger partial charge in [-0.1, -0.05) is 108 Å². The van der Waals surface area contributed by atoms with Crippen molar-refractivity contribution in [2.75, 3.05) is 10.6 Å². The summed E-state index contributed by atoms with van der Waals surface area (Å²) in [5.74, 6) is 2.95. The Morgan fingerprint density at radius 3 is 2.17 bits per heavy atom. The number of nitrogens with one attached hydrogen (secondary N) is 2. The zero-order valence-corrected chi connectivity index (χ0v) is 31.7. The third-order valence-corrected chi connectivity index (χ3v) is 10.8. The molecule has 268 valence electrons. The van der Waals surface area contributed by atoms with Gasteiger partial charge in [0.25, 0.3) is 0 Å². The lowest BCUT2D eigenvalue weighted by atomic mass is 9.86. The SMILES string of the molecule is CC(C)c1cccc2c1-n1ccnc1-n1c3cc(Oc4cc(Nc5ccccc5Nc5ccccc5)cc(C(C)(C)C)c4)ccc3c3cccc(c31)C2C. The Balaban J connectivity index is 1.16. The smallest absolute Gasteiger partial charge is 0.219 e. The summed E-state index contributed by atoms with van der Waals surface area (Å²) in [7, 11) is 0. The normalized spacial score (nSPS) is 13.7. The molecule has 2 N–H and O–H groups in total. The summed E-state index contributed by atoms with van der Waals surface area (Å²) in [6, 6.07) is 44.9. The number of para-hydroxylation sites is 5. The molecule has 1 aliphatic heterocycles. The van der Waals surface area contributed by atoms with Crippen LogP contribution in [0.25, 0.3) is 33.4 Å². The van der Waals surface area contributed by atoms with Gasteiger partial charge < -0.3 is 15.4 Å². The van der Waals surface area contributed by atoms with Gasteiger partial charge in [0.1, 0.15) is 11.5 Å². The first kappa shape index (κ1) is 33.6. The van der Waals surface area contributed by atoms with E-state index >= 15 is 0 Å². The highest BCUT2D eigenvalue weighted by atomic mass is 16.5. The van der Waals surface area contributed by atoms with Crippen LogP contribution in [-0.4, -0.2) is 14.1 Å². The van der Waals surface area contributed by atoms with Gasteiger partial charge in [-0.05, 0) is 82.1 Å². The van der Waals surface area contributed by atoms with Gasteiger partial charge in [-0.15, -0.1) is 0 Å². The van der Waals surface area contributed by atoms with Crippen LogP contribution < -0.4 is 15.4 Å². The van der Waals surface area contributed by atoms with Crippen LogP contribution in [0.2, 0.25) is 0 Å². The maximum atomic E-state index is 6.83. The zero-order valence-electron chi connectivity index (χ0n) is 31.7. The molecule has 0 saturated carbocycles. The summed E-state index contributed by atoms with van der Waals surface area (Å²) in [4.78, 5) is 5.04. The minimum atomic E-state index is -0.100. The lowest BCUT2D eigenvalue weighted by molar-refractivity contribution is 0.479. The molecule has 1 atom stereocenters. The molecule has 2 aromatic heterocycles. The second-order valence-corrected chi connectivity index (χ2v) is 15.8. The minimum absolute atomic E-state index is 0.100. The first-order valence-corrected chi connectivity index (χ1v) is 18.9. The van der Waals surface area contributed by atoms with Gasteiger partial charge in [0.15, 0.2) is 0 Å². The number of imidazole rings is 1. The highest BCUT2D eigenvalue weighted by molar-refractivity contribution is 6.11. The van der Waals surface area contributed by atoms with E-state index in [1.54, 1.807) is 0 Å². The molecule has 0 aliphatic carbocycles. The second kappa shape index (κ2) is 13.0. The Kier molecular flexibility index (Phi) is 8.07. The number of anilines is 4. The second-order valence-electron chi connectivity index (χ2n) is 15.8. The lowest BCUT2D eigenvalue weighted by Crippen LogP contribution is -2.15. The Morgan fingerprint density at radius 2 is 1.41 bits per heavy atom. The predicted molar refractivity (Wildman–Crippen MR) is 224 cm³/mol. The Labute approximate surface area is 317 Å². The predicted octanol–water partition coefficient (Wildman–Crippen LogP) is 13.1. The van der Waals surface area contributed by atoms with Crippen LogP contribution in [0.4, 0.5) is 22.7 Å². The number of hydrogen-bond acceptors (Lipinski definition) is 4. The molecule has 8 aromatic rings. The van der Waals surface area contributed by atoms with Crippen molar-refractivity contribution in [1.82, 2.24) is 14.1 Å². The number of nitrogens with zero attached hydrogens (tertiary/aromatic N) is 3. The molecule has 0 saturated heterocycles. The summed E-state index contributed by atoms with van der Waals surface area (Å²) in [6.07, 6.45) is 4.03.